The zero-order chi connectivity index (χ0) is 15.4. The summed E-state index contributed by atoms with van der Waals surface area (Å²) in [6.07, 6.45) is 6.17. The Morgan fingerprint density at radius 2 is 1.95 bits per heavy atom. The topological polar surface area (TPSA) is 65.5 Å². The zero-order valence-electron chi connectivity index (χ0n) is 12.7. The summed E-state index contributed by atoms with van der Waals surface area (Å²) in [6.45, 7) is 2.91. The number of piperidine rings is 2. The third-order valence-corrected chi connectivity index (χ3v) is 5.04. The van der Waals surface area contributed by atoms with Crippen LogP contribution in [0.1, 0.15) is 38.5 Å². The Hall–Kier alpha value is -1.63. The number of likely N-dealkylation sites (tertiary alicyclic amines) is 1. The molecule has 7 heteroatoms. The second kappa shape index (κ2) is 7.09. The largest absolute Gasteiger partial charge is 0.348 e. The predicted octanol–water partition coefficient (Wildman–Crippen LogP) is 2.08. The summed E-state index contributed by atoms with van der Waals surface area (Å²) in [5, 5.41) is 5.66. The van der Waals surface area contributed by atoms with Gasteiger partial charge in [0.2, 0.25) is 11.8 Å². The molecule has 0 unspecified atom stereocenters. The number of amides is 2. The van der Waals surface area contributed by atoms with E-state index < -0.39 is 0 Å². The summed E-state index contributed by atoms with van der Waals surface area (Å²) in [6, 6.07) is 0. The van der Waals surface area contributed by atoms with Gasteiger partial charge in [0.1, 0.15) is 5.82 Å². The maximum atomic E-state index is 12.1. The highest BCUT2D eigenvalue weighted by atomic mass is 32.1. The molecule has 0 spiro atoms. The number of carbonyl (C=O) groups is 2. The fourth-order valence-corrected chi connectivity index (χ4v) is 3.75. The standard InChI is InChI=1S/C15H22N4O2S/c20-13(10-19-9-5-2-6-14(19)21)16-12-11-22-15(17-12)18-7-3-1-4-8-18/h11H,1-10H2,(H,16,20). The number of hydrogen-bond acceptors (Lipinski definition) is 5. The van der Waals surface area contributed by atoms with Crippen LogP contribution in [0.3, 0.4) is 0 Å². The minimum atomic E-state index is -0.161. The smallest absolute Gasteiger partial charge is 0.245 e. The van der Waals surface area contributed by atoms with Gasteiger partial charge in [0, 0.05) is 31.4 Å². The lowest BCUT2D eigenvalue weighted by Crippen LogP contribution is -2.40. The Morgan fingerprint density at radius 3 is 2.73 bits per heavy atom. The Balaban J connectivity index is 1.53. The van der Waals surface area contributed by atoms with Crippen LogP contribution in [0.25, 0.3) is 0 Å². The first-order valence-electron chi connectivity index (χ1n) is 8.00. The molecule has 0 radical (unpaired) electrons. The second-order valence-corrected chi connectivity index (χ2v) is 6.72. The monoisotopic (exact) mass is 322 g/mol. The normalized spacial score (nSPS) is 19.4. The molecule has 0 atom stereocenters. The van der Waals surface area contributed by atoms with Crippen LogP contribution in [0.5, 0.6) is 0 Å². The fraction of sp³-hybridized carbons (Fsp3) is 0.667. The number of thiazole rings is 1. The van der Waals surface area contributed by atoms with Crippen LogP contribution in [0.4, 0.5) is 10.9 Å². The number of carbonyl (C=O) groups excluding carboxylic acids is 2. The van der Waals surface area contributed by atoms with Gasteiger partial charge in [0.15, 0.2) is 5.13 Å². The molecular weight excluding hydrogens is 300 g/mol. The van der Waals surface area contributed by atoms with E-state index in [0.717, 1.165) is 31.1 Å². The van der Waals surface area contributed by atoms with Gasteiger partial charge in [-0.2, -0.15) is 0 Å². The van der Waals surface area contributed by atoms with Crippen LogP contribution in [-0.4, -0.2) is 47.9 Å². The van der Waals surface area contributed by atoms with Crippen molar-refractivity contribution in [2.24, 2.45) is 0 Å². The van der Waals surface area contributed by atoms with E-state index in [1.54, 1.807) is 16.2 Å². The zero-order valence-corrected chi connectivity index (χ0v) is 13.5. The van der Waals surface area contributed by atoms with E-state index in [0.29, 0.717) is 18.8 Å². The van der Waals surface area contributed by atoms with Crippen LogP contribution < -0.4 is 10.2 Å². The lowest BCUT2D eigenvalue weighted by molar-refractivity contribution is -0.136. The molecular formula is C15H22N4O2S. The molecule has 0 aromatic carbocycles. The Labute approximate surface area is 134 Å². The van der Waals surface area contributed by atoms with E-state index >= 15 is 0 Å². The van der Waals surface area contributed by atoms with E-state index in [2.05, 4.69) is 15.2 Å². The molecule has 3 rings (SSSR count). The number of rotatable bonds is 4. The van der Waals surface area contributed by atoms with Gasteiger partial charge in [0.05, 0.1) is 6.54 Å². The summed E-state index contributed by atoms with van der Waals surface area (Å²) in [7, 11) is 0. The quantitative estimate of drug-likeness (QED) is 0.922. The van der Waals surface area contributed by atoms with Crippen molar-refractivity contribution in [3.05, 3.63) is 5.38 Å². The van der Waals surface area contributed by atoms with Gasteiger partial charge in [-0.25, -0.2) is 4.98 Å². The number of aromatic nitrogens is 1. The number of hydrogen-bond donors (Lipinski definition) is 1. The predicted molar refractivity (Wildman–Crippen MR) is 87.2 cm³/mol. The van der Waals surface area contributed by atoms with Gasteiger partial charge in [0.25, 0.3) is 0 Å². The molecule has 0 saturated carbocycles. The lowest BCUT2D eigenvalue weighted by atomic mass is 10.1. The van der Waals surface area contributed by atoms with Gasteiger partial charge >= 0.3 is 0 Å². The van der Waals surface area contributed by atoms with E-state index in [-0.39, 0.29) is 18.4 Å². The van der Waals surface area contributed by atoms with Gasteiger partial charge in [-0.1, -0.05) is 0 Å². The second-order valence-electron chi connectivity index (χ2n) is 5.88. The molecule has 0 aliphatic carbocycles. The number of nitrogens with one attached hydrogen (secondary N) is 1. The minimum absolute atomic E-state index is 0.0775. The van der Waals surface area contributed by atoms with Crippen molar-refractivity contribution in [2.45, 2.75) is 38.5 Å². The van der Waals surface area contributed by atoms with E-state index in [9.17, 15) is 9.59 Å². The van der Waals surface area contributed by atoms with Crippen molar-refractivity contribution in [3.8, 4) is 0 Å². The Morgan fingerprint density at radius 1 is 1.18 bits per heavy atom. The van der Waals surface area contributed by atoms with Crippen molar-refractivity contribution in [3.63, 3.8) is 0 Å². The third-order valence-electron chi connectivity index (χ3n) is 4.14. The Kier molecular flexibility index (Phi) is 4.92. The number of anilines is 2. The van der Waals surface area contributed by atoms with Crippen LogP contribution in [0, 0.1) is 0 Å². The first-order chi connectivity index (χ1) is 10.7. The van der Waals surface area contributed by atoms with Crippen molar-refractivity contribution in [1.29, 1.82) is 0 Å². The molecule has 1 N–H and O–H groups in total. The highest BCUT2D eigenvalue weighted by Crippen LogP contribution is 2.26. The molecule has 1 aromatic heterocycles. The Bertz CT molecular complexity index is 539. The highest BCUT2D eigenvalue weighted by Gasteiger charge is 2.21. The molecule has 3 heterocycles. The first kappa shape index (κ1) is 15.3. The van der Waals surface area contributed by atoms with Crippen molar-refractivity contribution < 1.29 is 9.59 Å². The molecule has 2 fully saturated rings. The average molecular weight is 322 g/mol. The van der Waals surface area contributed by atoms with Gasteiger partial charge in [-0.3, -0.25) is 9.59 Å². The summed E-state index contributed by atoms with van der Waals surface area (Å²) in [5.74, 6) is 0.513. The SMILES string of the molecule is O=C(CN1CCCCC1=O)Nc1csc(N2CCCCC2)n1. The van der Waals surface area contributed by atoms with Crippen molar-refractivity contribution in [2.75, 3.05) is 36.4 Å². The van der Waals surface area contributed by atoms with Crippen LogP contribution in [-0.2, 0) is 9.59 Å². The third kappa shape index (κ3) is 3.76. The van der Waals surface area contributed by atoms with E-state index in [4.69, 9.17) is 0 Å². The lowest BCUT2D eigenvalue weighted by Gasteiger charge is -2.26. The molecule has 2 amide bonds. The van der Waals surface area contributed by atoms with Crippen LogP contribution >= 0.6 is 11.3 Å². The van der Waals surface area contributed by atoms with Gasteiger partial charge < -0.3 is 15.1 Å². The highest BCUT2D eigenvalue weighted by molar-refractivity contribution is 7.14. The van der Waals surface area contributed by atoms with Crippen molar-refractivity contribution in [1.82, 2.24) is 9.88 Å². The molecule has 22 heavy (non-hydrogen) atoms. The summed E-state index contributed by atoms with van der Waals surface area (Å²) in [5.41, 5.74) is 0. The molecule has 2 aliphatic rings. The average Bonchev–Trinajstić information content (AvgIpc) is 2.99. The van der Waals surface area contributed by atoms with Crippen LogP contribution in [0.15, 0.2) is 5.38 Å². The molecule has 120 valence electrons. The van der Waals surface area contributed by atoms with Crippen molar-refractivity contribution >= 4 is 34.1 Å². The molecule has 6 nitrogen and oxygen atoms in total. The van der Waals surface area contributed by atoms with Gasteiger partial charge in [-0.15, -0.1) is 11.3 Å². The fourth-order valence-electron chi connectivity index (χ4n) is 2.94. The first-order valence-corrected chi connectivity index (χ1v) is 8.88. The van der Waals surface area contributed by atoms with E-state index in [1.807, 2.05) is 5.38 Å². The molecule has 2 aliphatic heterocycles. The maximum Gasteiger partial charge on any atom is 0.245 e. The molecule has 1 aromatic rings. The van der Waals surface area contributed by atoms with Crippen LogP contribution in [0.2, 0.25) is 0 Å². The summed E-state index contributed by atoms with van der Waals surface area (Å²) in [4.78, 5) is 32.2. The van der Waals surface area contributed by atoms with E-state index in [1.165, 1.54) is 19.3 Å². The molecule has 0 bridgehead atoms. The van der Waals surface area contributed by atoms with Gasteiger partial charge in [-0.05, 0) is 32.1 Å². The number of nitrogens with zero attached hydrogens (tertiary/aromatic N) is 3. The summed E-state index contributed by atoms with van der Waals surface area (Å²) < 4.78 is 0. The molecule has 2 saturated heterocycles. The summed E-state index contributed by atoms with van der Waals surface area (Å²) >= 11 is 1.56. The maximum absolute atomic E-state index is 12.1. The minimum Gasteiger partial charge on any atom is -0.348 e.